The van der Waals surface area contributed by atoms with E-state index < -0.39 is 0 Å². The Morgan fingerprint density at radius 3 is 2.65 bits per heavy atom. The highest BCUT2D eigenvalue weighted by atomic mass is 35.5. The van der Waals surface area contributed by atoms with Crippen LogP contribution in [0, 0.1) is 0 Å². The smallest absolute Gasteiger partial charge is 0.271 e. The van der Waals surface area contributed by atoms with Crippen LogP contribution in [0.3, 0.4) is 0 Å². The van der Waals surface area contributed by atoms with Gasteiger partial charge in [0.15, 0.2) is 0 Å². The molecule has 3 nitrogen and oxygen atoms in total. The van der Waals surface area contributed by atoms with Crippen molar-refractivity contribution < 1.29 is 0 Å². The van der Waals surface area contributed by atoms with E-state index in [1.807, 2.05) is 0 Å². The molecule has 0 unspecified atom stereocenters. The summed E-state index contributed by atoms with van der Waals surface area (Å²) in [5, 5.41) is 3.96. The van der Waals surface area contributed by atoms with E-state index in [-0.39, 0.29) is 5.56 Å². The number of aromatic nitrogens is 2. The summed E-state index contributed by atoms with van der Waals surface area (Å²) in [7, 11) is 0. The lowest BCUT2D eigenvalue weighted by molar-refractivity contribution is 0.793. The number of aryl methyl sites for hydroxylation is 1. The van der Waals surface area contributed by atoms with E-state index in [1.165, 1.54) is 4.68 Å². The van der Waals surface area contributed by atoms with Gasteiger partial charge in [-0.1, -0.05) is 36.5 Å². The normalized spacial score (nSPS) is 10.8. The second-order valence-electron chi connectivity index (χ2n) is 3.80. The van der Waals surface area contributed by atoms with Crippen LogP contribution in [0.15, 0.2) is 29.1 Å². The van der Waals surface area contributed by atoms with Crippen LogP contribution in [-0.4, -0.2) is 9.78 Å². The molecule has 0 radical (unpaired) electrons. The minimum Gasteiger partial charge on any atom is -0.295 e. The summed E-state index contributed by atoms with van der Waals surface area (Å²) in [6, 6.07) is 6.69. The SMILES string of the molecule is CCCc1cc(=O)n(-c2ccc(Cl)c(Cl)c2)[nH]1. The molecule has 0 amide bonds. The van der Waals surface area contributed by atoms with E-state index in [9.17, 15) is 4.79 Å². The van der Waals surface area contributed by atoms with E-state index in [0.717, 1.165) is 18.5 Å². The van der Waals surface area contributed by atoms with Crippen molar-refractivity contribution in [3.05, 3.63) is 50.4 Å². The molecule has 0 bridgehead atoms. The maximum Gasteiger partial charge on any atom is 0.271 e. The molecule has 0 aliphatic carbocycles. The van der Waals surface area contributed by atoms with Crippen molar-refractivity contribution in [2.24, 2.45) is 0 Å². The Bertz CT molecular complexity index is 586. The Balaban J connectivity index is 2.45. The molecule has 0 saturated heterocycles. The van der Waals surface area contributed by atoms with E-state index >= 15 is 0 Å². The van der Waals surface area contributed by atoms with Crippen molar-refractivity contribution in [1.29, 1.82) is 0 Å². The van der Waals surface area contributed by atoms with Gasteiger partial charge in [-0.25, -0.2) is 4.68 Å². The summed E-state index contributed by atoms with van der Waals surface area (Å²) in [4.78, 5) is 11.8. The van der Waals surface area contributed by atoms with Crippen LogP contribution in [0.2, 0.25) is 10.0 Å². The number of benzene rings is 1. The summed E-state index contributed by atoms with van der Waals surface area (Å²) < 4.78 is 1.47. The minimum absolute atomic E-state index is 0.0909. The molecule has 1 N–H and O–H groups in total. The van der Waals surface area contributed by atoms with Gasteiger partial charge in [0.05, 0.1) is 15.7 Å². The third-order valence-electron chi connectivity index (χ3n) is 2.45. The average molecular weight is 271 g/mol. The predicted octanol–water partition coefficient (Wildman–Crippen LogP) is 3.42. The predicted molar refractivity (Wildman–Crippen MR) is 70.4 cm³/mol. The van der Waals surface area contributed by atoms with Crippen molar-refractivity contribution in [2.45, 2.75) is 19.8 Å². The van der Waals surface area contributed by atoms with Crippen molar-refractivity contribution in [3.8, 4) is 5.69 Å². The van der Waals surface area contributed by atoms with Gasteiger partial charge in [0.25, 0.3) is 5.56 Å². The summed E-state index contributed by atoms with van der Waals surface area (Å²) in [5.74, 6) is 0. The highest BCUT2D eigenvalue weighted by molar-refractivity contribution is 6.42. The zero-order valence-electron chi connectivity index (χ0n) is 9.34. The number of hydrogen-bond acceptors (Lipinski definition) is 1. The quantitative estimate of drug-likeness (QED) is 0.912. The van der Waals surface area contributed by atoms with Gasteiger partial charge in [0, 0.05) is 11.8 Å². The maximum absolute atomic E-state index is 11.8. The molecule has 2 rings (SSSR count). The minimum atomic E-state index is -0.0909. The van der Waals surface area contributed by atoms with Gasteiger partial charge in [-0.05, 0) is 24.6 Å². The molecule has 0 aliphatic heterocycles. The number of H-pyrrole nitrogens is 1. The third-order valence-corrected chi connectivity index (χ3v) is 3.19. The number of aromatic amines is 1. The van der Waals surface area contributed by atoms with Crippen molar-refractivity contribution in [3.63, 3.8) is 0 Å². The van der Waals surface area contributed by atoms with Crippen LogP contribution in [-0.2, 0) is 6.42 Å². The number of hydrogen-bond donors (Lipinski definition) is 1. The molecule has 0 fully saturated rings. The first kappa shape index (κ1) is 12.3. The molecule has 1 heterocycles. The molecule has 17 heavy (non-hydrogen) atoms. The lowest BCUT2D eigenvalue weighted by atomic mass is 10.3. The highest BCUT2D eigenvalue weighted by Gasteiger charge is 2.06. The Kier molecular flexibility index (Phi) is 3.60. The fraction of sp³-hybridized carbons (Fsp3) is 0.250. The average Bonchev–Trinajstić information content (AvgIpc) is 2.64. The number of nitrogens with one attached hydrogen (secondary N) is 1. The molecule has 0 saturated carbocycles. The molecular weight excluding hydrogens is 259 g/mol. The van der Waals surface area contributed by atoms with Crippen molar-refractivity contribution in [1.82, 2.24) is 9.78 Å². The Morgan fingerprint density at radius 2 is 2.00 bits per heavy atom. The molecule has 2 aromatic rings. The summed E-state index contributed by atoms with van der Waals surface area (Å²) in [6.07, 6.45) is 1.84. The fourth-order valence-corrected chi connectivity index (χ4v) is 1.95. The van der Waals surface area contributed by atoms with Gasteiger partial charge in [0.1, 0.15) is 0 Å². The number of nitrogens with zero attached hydrogens (tertiary/aromatic N) is 1. The van der Waals surface area contributed by atoms with Crippen molar-refractivity contribution >= 4 is 23.2 Å². The molecule has 90 valence electrons. The van der Waals surface area contributed by atoms with Crippen LogP contribution in [0.25, 0.3) is 5.69 Å². The third kappa shape index (κ3) is 2.56. The number of rotatable bonds is 3. The standard InChI is InChI=1S/C12H12Cl2N2O/c1-2-3-8-6-12(17)16(15-8)9-4-5-10(13)11(14)7-9/h4-7,15H,2-3H2,1H3. The van der Waals surface area contributed by atoms with Crippen molar-refractivity contribution in [2.75, 3.05) is 0 Å². The van der Waals surface area contributed by atoms with Gasteiger partial charge in [-0.2, -0.15) is 0 Å². The van der Waals surface area contributed by atoms with Gasteiger partial charge in [0.2, 0.25) is 0 Å². The zero-order valence-corrected chi connectivity index (χ0v) is 10.8. The molecule has 5 heteroatoms. The largest absolute Gasteiger partial charge is 0.295 e. The Hall–Kier alpha value is -1.19. The second kappa shape index (κ2) is 4.98. The fourth-order valence-electron chi connectivity index (χ4n) is 1.66. The van der Waals surface area contributed by atoms with Gasteiger partial charge in [-0.15, -0.1) is 0 Å². The van der Waals surface area contributed by atoms with E-state index in [4.69, 9.17) is 23.2 Å². The molecular formula is C12H12Cl2N2O. The Morgan fingerprint density at radius 1 is 1.24 bits per heavy atom. The summed E-state index contributed by atoms with van der Waals surface area (Å²) in [6.45, 7) is 2.06. The van der Waals surface area contributed by atoms with Crippen LogP contribution >= 0.6 is 23.2 Å². The Labute approximate surface area is 109 Å². The second-order valence-corrected chi connectivity index (χ2v) is 4.62. The van der Waals surface area contributed by atoms with Crippen LogP contribution in [0.5, 0.6) is 0 Å². The van der Waals surface area contributed by atoms with Crippen LogP contribution < -0.4 is 5.56 Å². The van der Waals surface area contributed by atoms with E-state index in [1.54, 1.807) is 24.3 Å². The molecule has 0 atom stereocenters. The van der Waals surface area contributed by atoms with Crippen LogP contribution in [0.4, 0.5) is 0 Å². The lowest BCUT2D eigenvalue weighted by Crippen LogP contribution is -2.13. The zero-order chi connectivity index (χ0) is 12.4. The monoisotopic (exact) mass is 270 g/mol. The van der Waals surface area contributed by atoms with Gasteiger partial charge >= 0.3 is 0 Å². The first-order valence-electron chi connectivity index (χ1n) is 5.38. The first-order chi connectivity index (χ1) is 8.11. The molecule has 1 aromatic heterocycles. The number of halogens is 2. The molecule has 0 spiro atoms. The molecule has 0 aliphatic rings. The van der Waals surface area contributed by atoms with E-state index in [0.29, 0.717) is 15.7 Å². The van der Waals surface area contributed by atoms with E-state index in [2.05, 4.69) is 12.0 Å². The topological polar surface area (TPSA) is 37.8 Å². The first-order valence-corrected chi connectivity index (χ1v) is 6.13. The lowest BCUT2D eigenvalue weighted by Gasteiger charge is -2.03. The van der Waals surface area contributed by atoms with Gasteiger partial charge < -0.3 is 0 Å². The van der Waals surface area contributed by atoms with Crippen LogP contribution in [0.1, 0.15) is 19.0 Å². The maximum atomic E-state index is 11.8. The summed E-state index contributed by atoms with van der Waals surface area (Å²) in [5.41, 5.74) is 1.52. The highest BCUT2D eigenvalue weighted by Crippen LogP contribution is 2.23. The van der Waals surface area contributed by atoms with Gasteiger partial charge in [-0.3, -0.25) is 9.89 Å². The summed E-state index contributed by atoms with van der Waals surface area (Å²) >= 11 is 11.8. The molecule has 1 aromatic carbocycles.